The van der Waals surface area contributed by atoms with Gasteiger partial charge in [0.05, 0.1) is 0 Å². The summed E-state index contributed by atoms with van der Waals surface area (Å²) < 4.78 is 31.7. The van der Waals surface area contributed by atoms with Gasteiger partial charge in [0.15, 0.2) is 0 Å². The van der Waals surface area contributed by atoms with Gasteiger partial charge >= 0.3 is 12.1 Å². The molecule has 0 amide bonds. The molecular formula is C7H14F3NO2. The van der Waals surface area contributed by atoms with Crippen molar-refractivity contribution in [1.29, 1.82) is 0 Å². The standard InChI is InChI=1S/C5H13N.C2HF3O2/c1-2-3-4-5-6;3-2(4,5)1(6)7/h2-6H2,1H3;(H,6,7). The zero-order chi connectivity index (χ0) is 10.9. The highest BCUT2D eigenvalue weighted by atomic mass is 19.4. The van der Waals surface area contributed by atoms with Crippen LogP contribution in [-0.4, -0.2) is 23.8 Å². The van der Waals surface area contributed by atoms with Gasteiger partial charge in [-0.05, 0) is 13.0 Å². The van der Waals surface area contributed by atoms with Crippen molar-refractivity contribution in [3.63, 3.8) is 0 Å². The number of carbonyl (C=O) groups is 1. The molecule has 0 spiro atoms. The highest BCUT2D eigenvalue weighted by Gasteiger charge is 2.38. The molecular weight excluding hydrogens is 187 g/mol. The van der Waals surface area contributed by atoms with Crippen LogP contribution in [0.1, 0.15) is 26.2 Å². The van der Waals surface area contributed by atoms with Crippen molar-refractivity contribution in [2.24, 2.45) is 5.73 Å². The molecule has 80 valence electrons. The monoisotopic (exact) mass is 201 g/mol. The molecule has 0 aliphatic carbocycles. The first-order valence-corrected chi connectivity index (χ1v) is 3.86. The van der Waals surface area contributed by atoms with Crippen molar-refractivity contribution in [2.75, 3.05) is 6.54 Å². The lowest BCUT2D eigenvalue weighted by Crippen LogP contribution is -2.21. The molecule has 0 aromatic heterocycles. The Labute approximate surface area is 74.7 Å². The van der Waals surface area contributed by atoms with Gasteiger partial charge in [0.1, 0.15) is 0 Å². The van der Waals surface area contributed by atoms with Gasteiger partial charge in [0, 0.05) is 0 Å². The SMILES string of the molecule is CCCCCN.O=C(O)C(F)(F)F. The van der Waals surface area contributed by atoms with Gasteiger partial charge in [0.25, 0.3) is 0 Å². The van der Waals surface area contributed by atoms with Gasteiger partial charge in [-0.15, -0.1) is 0 Å². The van der Waals surface area contributed by atoms with E-state index in [1.807, 2.05) is 0 Å². The van der Waals surface area contributed by atoms with Crippen LogP contribution < -0.4 is 5.73 Å². The van der Waals surface area contributed by atoms with Gasteiger partial charge in [0.2, 0.25) is 0 Å². The molecule has 0 aromatic rings. The third-order valence-electron chi connectivity index (χ3n) is 1.05. The summed E-state index contributed by atoms with van der Waals surface area (Å²) in [7, 11) is 0. The van der Waals surface area contributed by atoms with Crippen LogP contribution in [0, 0.1) is 0 Å². The molecule has 13 heavy (non-hydrogen) atoms. The lowest BCUT2D eigenvalue weighted by molar-refractivity contribution is -0.192. The maximum atomic E-state index is 10.6. The smallest absolute Gasteiger partial charge is 0.475 e. The summed E-state index contributed by atoms with van der Waals surface area (Å²) in [5.41, 5.74) is 5.21. The topological polar surface area (TPSA) is 63.3 Å². The number of hydrogen-bond acceptors (Lipinski definition) is 2. The van der Waals surface area contributed by atoms with Gasteiger partial charge in [-0.1, -0.05) is 19.8 Å². The van der Waals surface area contributed by atoms with Crippen LogP contribution in [0.3, 0.4) is 0 Å². The first-order chi connectivity index (χ1) is 5.86. The second kappa shape index (κ2) is 7.85. The summed E-state index contributed by atoms with van der Waals surface area (Å²) in [6.07, 6.45) is -1.33. The fourth-order valence-corrected chi connectivity index (χ4v) is 0.394. The molecule has 0 aliphatic heterocycles. The Morgan fingerprint density at radius 3 is 1.85 bits per heavy atom. The summed E-state index contributed by atoms with van der Waals surface area (Å²) >= 11 is 0. The molecule has 0 rings (SSSR count). The molecule has 6 heteroatoms. The minimum Gasteiger partial charge on any atom is -0.475 e. The number of hydrogen-bond donors (Lipinski definition) is 2. The van der Waals surface area contributed by atoms with E-state index in [2.05, 4.69) is 6.92 Å². The van der Waals surface area contributed by atoms with E-state index in [4.69, 9.17) is 15.6 Å². The largest absolute Gasteiger partial charge is 0.490 e. The van der Waals surface area contributed by atoms with Crippen LogP contribution >= 0.6 is 0 Å². The van der Waals surface area contributed by atoms with E-state index in [9.17, 15) is 13.2 Å². The molecule has 0 saturated heterocycles. The minimum absolute atomic E-state index is 0.855. The third kappa shape index (κ3) is 14.1. The van der Waals surface area contributed by atoms with E-state index in [1.54, 1.807) is 0 Å². The van der Waals surface area contributed by atoms with E-state index in [-0.39, 0.29) is 0 Å². The fourth-order valence-electron chi connectivity index (χ4n) is 0.394. The van der Waals surface area contributed by atoms with E-state index in [1.165, 1.54) is 19.3 Å². The van der Waals surface area contributed by atoms with Crippen LogP contribution in [0.15, 0.2) is 0 Å². The van der Waals surface area contributed by atoms with Crippen molar-refractivity contribution in [3.8, 4) is 0 Å². The van der Waals surface area contributed by atoms with Crippen LogP contribution in [0.25, 0.3) is 0 Å². The number of carboxylic acid groups (broad SMARTS) is 1. The number of rotatable bonds is 3. The normalized spacial score (nSPS) is 10.2. The Kier molecular flexibility index (Phi) is 8.89. The Morgan fingerprint density at radius 2 is 1.77 bits per heavy atom. The Hall–Kier alpha value is -0.780. The number of nitrogens with two attached hydrogens (primary N) is 1. The van der Waals surface area contributed by atoms with Crippen LogP contribution in [-0.2, 0) is 4.79 Å². The molecule has 0 fully saturated rings. The molecule has 0 saturated carbocycles. The van der Waals surface area contributed by atoms with Gasteiger partial charge < -0.3 is 10.8 Å². The van der Waals surface area contributed by atoms with E-state index >= 15 is 0 Å². The van der Waals surface area contributed by atoms with Gasteiger partial charge in [-0.3, -0.25) is 0 Å². The first-order valence-electron chi connectivity index (χ1n) is 3.86. The van der Waals surface area contributed by atoms with Crippen LogP contribution in [0.2, 0.25) is 0 Å². The van der Waals surface area contributed by atoms with Crippen LogP contribution in [0.4, 0.5) is 13.2 Å². The summed E-state index contributed by atoms with van der Waals surface area (Å²) in [4.78, 5) is 8.90. The molecule has 0 unspecified atom stereocenters. The molecule has 0 radical (unpaired) electrons. The highest BCUT2D eigenvalue weighted by Crippen LogP contribution is 2.13. The van der Waals surface area contributed by atoms with Gasteiger partial charge in [-0.25, -0.2) is 4.79 Å². The maximum absolute atomic E-state index is 10.6. The van der Waals surface area contributed by atoms with Crippen molar-refractivity contribution >= 4 is 5.97 Å². The molecule has 0 heterocycles. The van der Waals surface area contributed by atoms with Crippen molar-refractivity contribution in [2.45, 2.75) is 32.4 Å². The Bertz CT molecular complexity index is 132. The summed E-state index contributed by atoms with van der Waals surface area (Å²) in [5.74, 6) is -2.76. The average Bonchev–Trinajstić information content (AvgIpc) is 2.00. The lowest BCUT2D eigenvalue weighted by Gasteiger charge is -1.93. The third-order valence-corrected chi connectivity index (χ3v) is 1.05. The summed E-state index contributed by atoms with van der Waals surface area (Å²) in [5, 5.41) is 7.12. The first kappa shape index (κ1) is 14.7. The molecule has 0 bridgehead atoms. The van der Waals surface area contributed by atoms with E-state index < -0.39 is 12.1 Å². The van der Waals surface area contributed by atoms with Crippen LogP contribution in [0.5, 0.6) is 0 Å². The summed E-state index contributed by atoms with van der Waals surface area (Å²) in [6, 6.07) is 0. The molecule has 0 aromatic carbocycles. The van der Waals surface area contributed by atoms with E-state index in [0.29, 0.717) is 0 Å². The number of aliphatic carboxylic acids is 1. The summed E-state index contributed by atoms with van der Waals surface area (Å²) in [6.45, 7) is 3.03. The molecule has 3 N–H and O–H groups in total. The predicted molar refractivity (Wildman–Crippen MR) is 42.3 cm³/mol. The molecule has 0 atom stereocenters. The Morgan fingerprint density at radius 1 is 1.38 bits per heavy atom. The second-order valence-electron chi connectivity index (χ2n) is 2.30. The van der Waals surface area contributed by atoms with Crippen molar-refractivity contribution in [1.82, 2.24) is 0 Å². The zero-order valence-electron chi connectivity index (χ0n) is 7.40. The number of carboxylic acids is 1. The van der Waals surface area contributed by atoms with Crippen molar-refractivity contribution in [3.05, 3.63) is 0 Å². The quantitative estimate of drug-likeness (QED) is 0.684. The number of halogens is 3. The van der Waals surface area contributed by atoms with E-state index in [0.717, 1.165) is 6.54 Å². The molecule has 0 aliphatic rings. The fraction of sp³-hybridized carbons (Fsp3) is 0.857. The minimum atomic E-state index is -5.08. The van der Waals surface area contributed by atoms with Crippen molar-refractivity contribution < 1.29 is 23.1 Å². The Balaban J connectivity index is 0. The second-order valence-corrected chi connectivity index (χ2v) is 2.30. The number of unbranched alkanes of at least 4 members (excludes halogenated alkanes) is 2. The highest BCUT2D eigenvalue weighted by molar-refractivity contribution is 5.73. The molecule has 3 nitrogen and oxygen atoms in total. The van der Waals surface area contributed by atoms with Gasteiger partial charge in [-0.2, -0.15) is 13.2 Å². The zero-order valence-corrected chi connectivity index (χ0v) is 7.40. The predicted octanol–water partition coefficient (Wildman–Crippen LogP) is 1.77. The maximum Gasteiger partial charge on any atom is 0.490 e. The average molecular weight is 201 g/mol. The lowest BCUT2D eigenvalue weighted by atomic mass is 10.3. The number of alkyl halides is 3.